The maximum atomic E-state index is 14.3. The van der Waals surface area contributed by atoms with Gasteiger partial charge in [-0.2, -0.15) is 10.1 Å². The average molecular weight is 422 g/mol. The molecule has 158 valence electrons. The molecule has 1 saturated heterocycles. The highest BCUT2D eigenvalue weighted by Crippen LogP contribution is 2.44. The van der Waals surface area contributed by atoms with E-state index in [-0.39, 0.29) is 17.4 Å². The molecule has 3 aliphatic rings. The third kappa shape index (κ3) is 3.52. The predicted octanol–water partition coefficient (Wildman–Crippen LogP) is 3.73. The minimum atomic E-state index is -0.604. The smallest absolute Gasteiger partial charge is 0.274 e. The number of aromatic nitrogens is 2. The van der Waals surface area contributed by atoms with Crippen molar-refractivity contribution >= 4 is 23.8 Å². The number of halogens is 2. The maximum absolute atomic E-state index is 14.3. The first-order chi connectivity index (χ1) is 15.0. The summed E-state index contributed by atoms with van der Waals surface area (Å²) in [7, 11) is 0. The van der Waals surface area contributed by atoms with E-state index < -0.39 is 17.7 Å². The number of nitrogens with zero attached hydrogens (tertiary/aromatic N) is 6. The molecule has 9 heteroatoms. The maximum Gasteiger partial charge on any atom is 0.274 e. The number of hydrazone groups is 1. The lowest BCUT2D eigenvalue weighted by atomic mass is 10.00. The molecule has 3 heterocycles. The van der Waals surface area contributed by atoms with Gasteiger partial charge in [-0.15, -0.1) is 4.98 Å². The summed E-state index contributed by atoms with van der Waals surface area (Å²) in [5.41, 5.74) is 0.162. The van der Waals surface area contributed by atoms with Gasteiger partial charge < -0.3 is 9.74 Å². The normalized spacial score (nSPS) is 26.9. The van der Waals surface area contributed by atoms with E-state index in [9.17, 15) is 13.6 Å². The van der Waals surface area contributed by atoms with Crippen LogP contribution in [-0.4, -0.2) is 40.2 Å². The zero-order valence-corrected chi connectivity index (χ0v) is 16.7. The third-order valence-electron chi connectivity index (χ3n) is 6.55. The predicted molar refractivity (Wildman–Crippen MR) is 109 cm³/mol. The molecule has 2 fully saturated rings. The quantitative estimate of drug-likeness (QED) is 0.707. The molecule has 2 aromatic rings. The van der Waals surface area contributed by atoms with Crippen LogP contribution in [0.3, 0.4) is 0 Å². The second-order valence-corrected chi connectivity index (χ2v) is 8.34. The van der Waals surface area contributed by atoms with Crippen LogP contribution in [0.1, 0.15) is 30.9 Å². The second-order valence-electron chi connectivity index (χ2n) is 8.34. The van der Waals surface area contributed by atoms with E-state index in [4.69, 9.17) is 6.57 Å². The van der Waals surface area contributed by atoms with Gasteiger partial charge in [0.25, 0.3) is 5.82 Å². The number of anilines is 1. The number of hydrogen-bond acceptors (Lipinski definition) is 5. The van der Waals surface area contributed by atoms with Crippen LogP contribution in [0, 0.1) is 36.0 Å². The molecule has 1 aliphatic carbocycles. The number of benzene rings is 1. The van der Waals surface area contributed by atoms with Crippen molar-refractivity contribution in [2.24, 2.45) is 22.9 Å². The summed E-state index contributed by atoms with van der Waals surface area (Å²) in [6.45, 7) is 8.66. The largest absolute Gasteiger partial charge is 0.360 e. The van der Waals surface area contributed by atoms with E-state index >= 15 is 0 Å². The van der Waals surface area contributed by atoms with Crippen molar-refractivity contribution in [2.45, 2.75) is 25.3 Å². The lowest BCUT2D eigenvalue weighted by Gasteiger charge is -2.26. The fraction of sp³-hybridized carbons (Fsp3) is 0.409. The molecule has 31 heavy (non-hydrogen) atoms. The summed E-state index contributed by atoms with van der Waals surface area (Å²) < 4.78 is 28.0. The number of fused-ring (bicyclic) bond motifs is 1. The van der Waals surface area contributed by atoms with Crippen molar-refractivity contribution in [3.8, 4) is 0 Å². The Kier molecular flexibility index (Phi) is 4.85. The molecule has 0 spiro atoms. The van der Waals surface area contributed by atoms with Crippen LogP contribution in [0.5, 0.6) is 0 Å². The SMILES string of the molecule is [C-]#[N+]c1cc(N2CC3CC(C(=O)N4N=CCC4c4cc(F)ccc4F)CC3C2)ncn1. The first-order valence-electron chi connectivity index (χ1n) is 10.3. The Morgan fingerprint density at radius 2 is 1.90 bits per heavy atom. The Balaban J connectivity index is 1.27. The van der Waals surface area contributed by atoms with Gasteiger partial charge in [-0.3, -0.25) is 4.79 Å². The fourth-order valence-corrected chi connectivity index (χ4v) is 5.10. The summed E-state index contributed by atoms with van der Waals surface area (Å²) in [6, 6.07) is 4.40. The molecule has 7 nitrogen and oxygen atoms in total. The van der Waals surface area contributed by atoms with Crippen molar-refractivity contribution in [1.29, 1.82) is 0 Å². The molecule has 2 aliphatic heterocycles. The highest BCUT2D eigenvalue weighted by atomic mass is 19.1. The van der Waals surface area contributed by atoms with E-state index in [2.05, 4.69) is 24.8 Å². The minimum Gasteiger partial charge on any atom is -0.360 e. The van der Waals surface area contributed by atoms with Crippen LogP contribution in [0.2, 0.25) is 0 Å². The van der Waals surface area contributed by atoms with Crippen LogP contribution >= 0.6 is 0 Å². The van der Waals surface area contributed by atoms with E-state index in [0.29, 0.717) is 24.1 Å². The summed E-state index contributed by atoms with van der Waals surface area (Å²) >= 11 is 0. The van der Waals surface area contributed by atoms with Gasteiger partial charge >= 0.3 is 0 Å². The number of rotatable bonds is 3. The van der Waals surface area contributed by atoms with Crippen molar-refractivity contribution in [3.05, 3.63) is 59.2 Å². The van der Waals surface area contributed by atoms with Gasteiger partial charge in [0.2, 0.25) is 12.2 Å². The zero-order chi connectivity index (χ0) is 21.5. The topological polar surface area (TPSA) is 66.1 Å². The van der Waals surface area contributed by atoms with Gasteiger partial charge in [-0.25, -0.2) is 13.8 Å². The summed E-state index contributed by atoms with van der Waals surface area (Å²) in [6.07, 6.45) is 4.82. The number of carbonyl (C=O) groups excluding carboxylic acids is 1. The molecule has 0 bridgehead atoms. The molecule has 1 aromatic heterocycles. The number of hydrogen-bond donors (Lipinski definition) is 0. The molecule has 0 radical (unpaired) electrons. The van der Waals surface area contributed by atoms with E-state index in [1.807, 2.05) is 0 Å². The van der Waals surface area contributed by atoms with Crippen LogP contribution in [0.25, 0.3) is 4.85 Å². The fourth-order valence-electron chi connectivity index (χ4n) is 5.10. The molecule has 0 N–H and O–H groups in total. The number of carbonyl (C=O) groups is 1. The molecule has 1 saturated carbocycles. The first kappa shape index (κ1) is 19.5. The van der Waals surface area contributed by atoms with Gasteiger partial charge in [-0.05, 0) is 42.9 Å². The first-order valence-corrected chi connectivity index (χ1v) is 10.3. The molecular weight excluding hydrogens is 402 g/mol. The average Bonchev–Trinajstić information content (AvgIpc) is 3.50. The molecule has 1 aromatic carbocycles. The molecule has 5 rings (SSSR count). The summed E-state index contributed by atoms with van der Waals surface area (Å²) in [5, 5.41) is 5.54. The Bertz CT molecular complexity index is 1090. The zero-order valence-electron chi connectivity index (χ0n) is 16.7. The molecule has 1 amide bonds. The Labute approximate surface area is 178 Å². The lowest BCUT2D eigenvalue weighted by Crippen LogP contribution is -2.33. The van der Waals surface area contributed by atoms with Crippen LogP contribution in [0.4, 0.5) is 20.4 Å². The lowest BCUT2D eigenvalue weighted by molar-refractivity contribution is -0.137. The van der Waals surface area contributed by atoms with Crippen molar-refractivity contribution in [1.82, 2.24) is 15.0 Å². The van der Waals surface area contributed by atoms with Crippen LogP contribution in [0.15, 0.2) is 35.7 Å². The molecule has 3 atom stereocenters. The van der Waals surface area contributed by atoms with Gasteiger partial charge in [0.05, 0.1) is 6.04 Å². The highest BCUT2D eigenvalue weighted by Gasteiger charge is 2.46. The van der Waals surface area contributed by atoms with E-state index in [1.165, 1.54) is 11.3 Å². The van der Waals surface area contributed by atoms with E-state index in [0.717, 1.165) is 49.9 Å². The third-order valence-corrected chi connectivity index (χ3v) is 6.55. The van der Waals surface area contributed by atoms with Crippen molar-refractivity contribution in [2.75, 3.05) is 18.0 Å². The minimum absolute atomic E-state index is 0.124. The Morgan fingerprint density at radius 3 is 2.65 bits per heavy atom. The number of amides is 1. The highest BCUT2D eigenvalue weighted by molar-refractivity contribution is 5.82. The summed E-state index contributed by atoms with van der Waals surface area (Å²) in [4.78, 5) is 26.9. The second kappa shape index (κ2) is 7.69. The molecule has 3 unspecified atom stereocenters. The van der Waals surface area contributed by atoms with Crippen LogP contribution in [-0.2, 0) is 4.79 Å². The van der Waals surface area contributed by atoms with Crippen molar-refractivity contribution in [3.63, 3.8) is 0 Å². The Morgan fingerprint density at radius 1 is 1.13 bits per heavy atom. The van der Waals surface area contributed by atoms with Gasteiger partial charge in [0.1, 0.15) is 17.5 Å². The van der Waals surface area contributed by atoms with Gasteiger partial charge in [0.15, 0.2) is 0 Å². The Hall–Kier alpha value is -3.41. The molecular formula is C22H20F2N6O. The van der Waals surface area contributed by atoms with Crippen LogP contribution < -0.4 is 4.90 Å². The van der Waals surface area contributed by atoms with Crippen molar-refractivity contribution < 1.29 is 13.6 Å². The van der Waals surface area contributed by atoms with Gasteiger partial charge in [0, 0.05) is 43.3 Å². The van der Waals surface area contributed by atoms with Gasteiger partial charge in [-0.1, -0.05) is 6.57 Å². The standard InChI is InChI=1S/C22H20F2N6O/c1-25-20-9-21(27-12-26-20)29-10-14-6-13(7-15(14)11-29)22(31)30-19(4-5-28-30)17-8-16(23)2-3-18(17)24/h2-3,5,8-9,12-15,19H,4,6-7,10-11H2. The monoisotopic (exact) mass is 422 g/mol. The van der Waals surface area contributed by atoms with E-state index in [1.54, 1.807) is 12.3 Å². The summed E-state index contributed by atoms with van der Waals surface area (Å²) in [5.74, 6) is 0.375.